The van der Waals surface area contributed by atoms with Gasteiger partial charge in [-0.05, 0) is 39.8 Å². The number of nitrogens with two attached hydrogens (primary N) is 1. The molecule has 0 aliphatic carbocycles. The third kappa shape index (κ3) is 4.35. The molecule has 0 aromatic heterocycles. The Morgan fingerprint density at radius 2 is 1.92 bits per heavy atom. The van der Waals surface area contributed by atoms with E-state index in [1.165, 1.54) is 7.11 Å². The van der Waals surface area contributed by atoms with Crippen molar-refractivity contribution >= 4 is 23.4 Å². The lowest BCUT2D eigenvalue weighted by Crippen LogP contribution is -2.55. The molecule has 1 atom stereocenters. The second-order valence-electron chi connectivity index (χ2n) is 7.20. The number of methoxy groups -OCH3 is 1. The van der Waals surface area contributed by atoms with Crippen molar-refractivity contribution in [2.24, 2.45) is 0 Å². The van der Waals surface area contributed by atoms with Crippen molar-refractivity contribution in [1.82, 2.24) is 4.90 Å². The van der Waals surface area contributed by atoms with Crippen LogP contribution in [0.2, 0.25) is 0 Å². The number of ether oxygens (including phenoxy) is 2. The molecule has 2 N–H and O–H groups in total. The van der Waals surface area contributed by atoms with Gasteiger partial charge in [0.15, 0.2) is 0 Å². The number of carbonyl (C=O) groups is 2. The number of anilines is 2. The number of amides is 1. The van der Waals surface area contributed by atoms with E-state index in [4.69, 9.17) is 15.2 Å². The second kappa shape index (κ2) is 7.21. The summed E-state index contributed by atoms with van der Waals surface area (Å²) in [5.41, 5.74) is 7.18. The molecule has 7 heteroatoms. The van der Waals surface area contributed by atoms with Crippen molar-refractivity contribution in [2.45, 2.75) is 39.3 Å². The monoisotopic (exact) mass is 349 g/mol. The topological polar surface area (TPSA) is 85.1 Å². The van der Waals surface area contributed by atoms with Gasteiger partial charge in [-0.2, -0.15) is 0 Å². The van der Waals surface area contributed by atoms with Gasteiger partial charge in [-0.15, -0.1) is 0 Å². The first-order valence-corrected chi connectivity index (χ1v) is 8.35. The maximum absolute atomic E-state index is 12.3. The molecule has 1 aliphatic heterocycles. The third-order valence-corrected chi connectivity index (χ3v) is 4.04. The minimum absolute atomic E-state index is 0.0753. The van der Waals surface area contributed by atoms with Gasteiger partial charge in [-0.25, -0.2) is 9.59 Å². The Morgan fingerprint density at radius 3 is 2.48 bits per heavy atom. The lowest BCUT2D eigenvalue weighted by atomic mass is 10.1. The highest BCUT2D eigenvalue weighted by Gasteiger charge is 2.32. The zero-order valence-electron chi connectivity index (χ0n) is 15.5. The molecular weight excluding hydrogens is 322 g/mol. The molecule has 2 rings (SSSR count). The minimum Gasteiger partial charge on any atom is -0.465 e. The summed E-state index contributed by atoms with van der Waals surface area (Å²) < 4.78 is 10.3. The van der Waals surface area contributed by atoms with Crippen LogP contribution in [0.1, 0.15) is 38.1 Å². The molecule has 1 aromatic rings. The summed E-state index contributed by atoms with van der Waals surface area (Å²) in [4.78, 5) is 28.1. The van der Waals surface area contributed by atoms with Crippen LogP contribution < -0.4 is 10.6 Å². The fraction of sp³-hybridized carbons (Fsp3) is 0.556. The predicted molar refractivity (Wildman–Crippen MR) is 96.8 cm³/mol. The summed E-state index contributed by atoms with van der Waals surface area (Å²) >= 11 is 0. The number of rotatable bonds is 2. The van der Waals surface area contributed by atoms with E-state index in [1.807, 2.05) is 32.6 Å². The molecule has 1 aromatic carbocycles. The van der Waals surface area contributed by atoms with Crippen LogP contribution in [0.25, 0.3) is 0 Å². The minimum atomic E-state index is -0.532. The number of hydrogen-bond donors (Lipinski definition) is 1. The number of para-hydroxylation sites is 1. The van der Waals surface area contributed by atoms with Crippen molar-refractivity contribution in [3.05, 3.63) is 23.8 Å². The zero-order valence-corrected chi connectivity index (χ0v) is 15.5. The number of nitrogens with zero attached hydrogens (tertiary/aromatic N) is 2. The van der Waals surface area contributed by atoms with E-state index in [9.17, 15) is 9.59 Å². The van der Waals surface area contributed by atoms with Crippen LogP contribution in [0.4, 0.5) is 16.2 Å². The highest BCUT2D eigenvalue weighted by atomic mass is 16.6. The standard InChI is InChI=1S/C18H27N3O4/c1-12-11-20(9-10-21(12)17(23)25-18(2,3)4)15-13(16(22)24-5)7-6-8-14(15)19/h6-8,12H,9-11,19H2,1-5H3/t12-/m0/s1. The van der Waals surface area contributed by atoms with Gasteiger partial charge in [0.05, 0.1) is 24.0 Å². The van der Waals surface area contributed by atoms with E-state index in [1.54, 1.807) is 23.1 Å². The number of esters is 1. The van der Waals surface area contributed by atoms with Crippen LogP contribution in [-0.4, -0.2) is 55.3 Å². The lowest BCUT2D eigenvalue weighted by Gasteiger charge is -2.41. The largest absolute Gasteiger partial charge is 0.465 e. The average Bonchev–Trinajstić information content (AvgIpc) is 2.51. The summed E-state index contributed by atoms with van der Waals surface area (Å²) in [5, 5.41) is 0. The smallest absolute Gasteiger partial charge is 0.410 e. The fourth-order valence-corrected chi connectivity index (χ4v) is 2.94. The predicted octanol–water partition coefficient (Wildman–Crippen LogP) is 2.50. The van der Waals surface area contributed by atoms with E-state index >= 15 is 0 Å². The van der Waals surface area contributed by atoms with Gasteiger partial charge in [0.25, 0.3) is 0 Å². The molecule has 25 heavy (non-hydrogen) atoms. The Morgan fingerprint density at radius 1 is 1.24 bits per heavy atom. The first kappa shape index (κ1) is 18.9. The van der Waals surface area contributed by atoms with Gasteiger partial charge in [0, 0.05) is 25.7 Å². The van der Waals surface area contributed by atoms with Crippen molar-refractivity contribution in [1.29, 1.82) is 0 Å². The van der Waals surface area contributed by atoms with E-state index in [-0.39, 0.29) is 12.1 Å². The summed E-state index contributed by atoms with van der Waals surface area (Å²) in [6.07, 6.45) is -0.325. The Bertz CT molecular complexity index is 654. The number of piperazine rings is 1. The molecule has 1 saturated heterocycles. The SMILES string of the molecule is COC(=O)c1cccc(N)c1N1CCN(C(=O)OC(C)(C)C)[C@@H](C)C1. The number of carbonyl (C=O) groups excluding carboxylic acids is 2. The number of hydrogen-bond acceptors (Lipinski definition) is 6. The van der Waals surface area contributed by atoms with Crippen molar-refractivity contribution in [2.75, 3.05) is 37.4 Å². The third-order valence-electron chi connectivity index (χ3n) is 4.04. The number of nitrogen functional groups attached to an aromatic ring is 1. The maximum atomic E-state index is 12.3. The summed E-state index contributed by atoms with van der Waals surface area (Å²) in [6, 6.07) is 5.11. The summed E-state index contributed by atoms with van der Waals surface area (Å²) in [7, 11) is 1.35. The molecule has 0 radical (unpaired) electrons. The first-order valence-electron chi connectivity index (χ1n) is 8.35. The van der Waals surface area contributed by atoms with Crippen molar-refractivity contribution in [3.8, 4) is 0 Å². The van der Waals surface area contributed by atoms with Crippen molar-refractivity contribution in [3.63, 3.8) is 0 Å². The molecular formula is C18H27N3O4. The van der Waals surface area contributed by atoms with E-state index in [2.05, 4.69) is 0 Å². The van der Waals surface area contributed by atoms with E-state index in [0.29, 0.717) is 36.6 Å². The molecule has 0 bridgehead atoms. The highest BCUT2D eigenvalue weighted by Crippen LogP contribution is 2.30. The zero-order chi connectivity index (χ0) is 18.8. The van der Waals surface area contributed by atoms with Gasteiger partial charge >= 0.3 is 12.1 Å². The van der Waals surface area contributed by atoms with Gasteiger partial charge in [0.1, 0.15) is 5.60 Å². The summed E-state index contributed by atoms with van der Waals surface area (Å²) in [6.45, 7) is 9.09. The van der Waals surface area contributed by atoms with Crippen LogP contribution in [-0.2, 0) is 9.47 Å². The van der Waals surface area contributed by atoms with Crippen molar-refractivity contribution < 1.29 is 19.1 Å². The second-order valence-corrected chi connectivity index (χ2v) is 7.20. The van der Waals surface area contributed by atoms with Crippen LogP contribution in [0.3, 0.4) is 0 Å². The normalized spacial score (nSPS) is 18.0. The Hall–Kier alpha value is -2.44. The van der Waals surface area contributed by atoms with Gasteiger partial charge in [-0.3, -0.25) is 0 Å². The molecule has 0 saturated carbocycles. The Labute approximate surface area is 148 Å². The summed E-state index contributed by atoms with van der Waals surface area (Å²) in [5.74, 6) is -0.426. The molecule has 1 aliphatic rings. The van der Waals surface area contributed by atoms with Gasteiger partial charge in [0.2, 0.25) is 0 Å². The Kier molecular flexibility index (Phi) is 5.45. The van der Waals surface area contributed by atoms with E-state index in [0.717, 1.165) is 0 Å². The van der Waals surface area contributed by atoms with E-state index < -0.39 is 11.6 Å². The van der Waals surface area contributed by atoms with Crippen LogP contribution in [0, 0.1) is 0 Å². The molecule has 1 amide bonds. The van der Waals surface area contributed by atoms with Crippen LogP contribution in [0.15, 0.2) is 18.2 Å². The molecule has 1 fully saturated rings. The average molecular weight is 349 g/mol. The fourth-order valence-electron chi connectivity index (χ4n) is 2.94. The molecule has 7 nitrogen and oxygen atoms in total. The Balaban J connectivity index is 2.19. The maximum Gasteiger partial charge on any atom is 0.410 e. The molecule has 1 heterocycles. The molecule has 138 valence electrons. The quantitative estimate of drug-likeness (QED) is 0.652. The van der Waals surface area contributed by atoms with Crippen LogP contribution >= 0.6 is 0 Å². The highest BCUT2D eigenvalue weighted by molar-refractivity contribution is 5.99. The number of benzene rings is 1. The van der Waals surface area contributed by atoms with Gasteiger partial charge < -0.3 is 25.0 Å². The molecule has 0 spiro atoms. The lowest BCUT2D eigenvalue weighted by molar-refractivity contribution is 0.0158. The first-order chi connectivity index (χ1) is 11.6. The van der Waals surface area contributed by atoms with Crippen LogP contribution in [0.5, 0.6) is 0 Å². The van der Waals surface area contributed by atoms with Gasteiger partial charge in [-0.1, -0.05) is 6.07 Å². The molecule has 0 unspecified atom stereocenters.